The van der Waals surface area contributed by atoms with Crippen molar-refractivity contribution in [1.82, 2.24) is 24.2 Å². The Morgan fingerprint density at radius 2 is 1.96 bits per heavy atom. The van der Waals surface area contributed by atoms with Crippen LogP contribution in [0.15, 0.2) is 55.1 Å². The number of hydrogen-bond donors (Lipinski definition) is 0. The number of benzene rings is 1. The molecule has 0 N–H and O–H groups in total. The van der Waals surface area contributed by atoms with Crippen molar-refractivity contribution in [2.75, 3.05) is 7.05 Å². The zero-order valence-corrected chi connectivity index (χ0v) is 14.1. The minimum absolute atomic E-state index is 0.0623. The van der Waals surface area contributed by atoms with Crippen molar-refractivity contribution in [3.8, 4) is 5.69 Å². The van der Waals surface area contributed by atoms with Crippen LogP contribution >= 0.6 is 0 Å². The Bertz CT molecular complexity index is 804. The van der Waals surface area contributed by atoms with E-state index in [0.717, 1.165) is 17.1 Å². The van der Waals surface area contributed by atoms with Crippen molar-refractivity contribution in [2.45, 2.75) is 26.4 Å². The summed E-state index contributed by atoms with van der Waals surface area (Å²) < 4.78 is 3.70. The quantitative estimate of drug-likeness (QED) is 0.725. The van der Waals surface area contributed by atoms with E-state index in [-0.39, 0.29) is 11.9 Å². The summed E-state index contributed by atoms with van der Waals surface area (Å²) in [5, 5.41) is 4.21. The molecule has 3 aromatic rings. The third-order valence-corrected chi connectivity index (χ3v) is 4.14. The van der Waals surface area contributed by atoms with E-state index in [0.29, 0.717) is 6.54 Å². The smallest absolute Gasteiger partial charge is 0.245 e. The number of carbonyl (C=O) groups excluding carboxylic acids is 1. The molecule has 0 unspecified atom stereocenters. The minimum Gasteiger partial charge on any atom is -0.340 e. The Labute approximate surface area is 141 Å². The molecule has 1 atom stereocenters. The highest BCUT2D eigenvalue weighted by Crippen LogP contribution is 2.15. The van der Waals surface area contributed by atoms with Crippen molar-refractivity contribution in [3.63, 3.8) is 0 Å². The first-order chi connectivity index (χ1) is 11.6. The normalized spacial score (nSPS) is 12.1. The molecule has 6 heteroatoms. The predicted molar refractivity (Wildman–Crippen MR) is 91.7 cm³/mol. The van der Waals surface area contributed by atoms with Gasteiger partial charge in [0.15, 0.2) is 0 Å². The molecule has 0 aliphatic carbocycles. The van der Waals surface area contributed by atoms with Crippen molar-refractivity contribution in [1.29, 1.82) is 0 Å². The number of likely N-dealkylation sites (N-methyl/N-ethyl adjacent to an activating group) is 1. The fourth-order valence-corrected chi connectivity index (χ4v) is 2.76. The molecule has 0 saturated heterocycles. The molecule has 0 fully saturated rings. The molecule has 1 amide bonds. The Morgan fingerprint density at radius 1 is 1.21 bits per heavy atom. The zero-order chi connectivity index (χ0) is 17.1. The van der Waals surface area contributed by atoms with Gasteiger partial charge < -0.3 is 9.47 Å². The number of imidazole rings is 1. The molecule has 0 spiro atoms. The van der Waals surface area contributed by atoms with Gasteiger partial charge in [0.1, 0.15) is 11.9 Å². The van der Waals surface area contributed by atoms with E-state index in [2.05, 4.69) is 10.1 Å². The lowest BCUT2D eigenvalue weighted by Gasteiger charge is -2.23. The van der Waals surface area contributed by atoms with E-state index in [1.165, 1.54) is 0 Å². The van der Waals surface area contributed by atoms with E-state index in [1.54, 1.807) is 17.3 Å². The van der Waals surface area contributed by atoms with Crippen LogP contribution in [0.25, 0.3) is 5.69 Å². The SMILES string of the molecule is Cc1nccn1[C@H](C)C(=O)N(C)Cc1ccc(-n2cccn2)cc1. The average Bonchev–Trinajstić information content (AvgIpc) is 3.25. The summed E-state index contributed by atoms with van der Waals surface area (Å²) in [7, 11) is 1.83. The highest BCUT2D eigenvalue weighted by atomic mass is 16.2. The topological polar surface area (TPSA) is 56.0 Å². The highest BCUT2D eigenvalue weighted by molar-refractivity contribution is 5.79. The fraction of sp³-hybridized carbons (Fsp3) is 0.278. The second-order valence-electron chi connectivity index (χ2n) is 5.87. The number of aromatic nitrogens is 4. The first-order valence-corrected chi connectivity index (χ1v) is 7.89. The van der Waals surface area contributed by atoms with E-state index < -0.39 is 0 Å². The van der Waals surface area contributed by atoms with Gasteiger partial charge in [0.05, 0.1) is 5.69 Å². The van der Waals surface area contributed by atoms with Crippen LogP contribution in [0.4, 0.5) is 0 Å². The number of carbonyl (C=O) groups is 1. The van der Waals surface area contributed by atoms with Gasteiger partial charge in [-0.3, -0.25) is 4.79 Å². The fourth-order valence-electron chi connectivity index (χ4n) is 2.76. The van der Waals surface area contributed by atoms with Gasteiger partial charge >= 0.3 is 0 Å². The number of hydrogen-bond acceptors (Lipinski definition) is 3. The lowest BCUT2D eigenvalue weighted by molar-refractivity contribution is -0.133. The van der Waals surface area contributed by atoms with Crippen LogP contribution in [0, 0.1) is 6.92 Å². The molecular formula is C18H21N5O. The van der Waals surface area contributed by atoms with Crippen LogP contribution in [-0.2, 0) is 11.3 Å². The van der Waals surface area contributed by atoms with E-state index in [4.69, 9.17) is 0 Å². The van der Waals surface area contributed by atoms with Gasteiger partial charge in [-0.2, -0.15) is 5.10 Å². The van der Waals surface area contributed by atoms with Crippen molar-refractivity contribution >= 4 is 5.91 Å². The van der Waals surface area contributed by atoms with Gasteiger partial charge in [0.2, 0.25) is 5.91 Å². The first-order valence-electron chi connectivity index (χ1n) is 7.89. The van der Waals surface area contributed by atoms with Gasteiger partial charge in [0.25, 0.3) is 0 Å². The van der Waals surface area contributed by atoms with Gasteiger partial charge in [-0.15, -0.1) is 0 Å². The maximum atomic E-state index is 12.6. The summed E-state index contributed by atoms with van der Waals surface area (Å²) in [4.78, 5) is 18.5. The molecule has 124 valence electrons. The van der Waals surface area contributed by atoms with Crippen molar-refractivity contribution in [2.24, 2.45) is 0 Å². The third-order valence-electron chi connectivity index (χ3n) is 4.14. The van der Waals surface area contributed by atoms with Gasteiger partial charge in [-0.25, -0.2) is 9.67 Å². The summed E-state index contributed by atoms with van der Waals surface area (Å²) in [6.07, 6.45) is 7.21. The molecule has 0 bridgehead atoms. The second-order valence-corrected chi connectivity index (χ2v) is 5.87. The molecule has 0 aliphatic rings. The maximum absolute atomic E-state index is 12.6. The van der Waals surface area contributed by atoms with Crippen LogP contribution in [0.5, 0.6) is 0 Å². The lowest BCUT2D eigenvalue weighted by atomic mass is 10.2. The molecule has 24 heavy (non-hydrogen) atoms. The zero-order valence-electron chi connectivity index (χ0n) is 14.1. The molecule has 1 aromatic carbocycles. The minimum atomic E-state index is -0.263. The highest BCUT2D eigenvalue weighted by Gasteiger charge is 2.20. The molecule has 3 rings (SSSR count). The Balaban J connectivity index is 1.67. The maximum Gasteiger partial charge on any atom is 0.245 e. The molecule has 2 heterocycles. The number of rotatable bonds is 5. The molecule has 2 aromatic heterocycles. The molecular weight excluding hydrogens is 302 g/mol. The predicted octanol–water partition coefficient (Wildman–Crippen LogP) is 2.60. The third kappa shape index (κ3) is 3.22. The van der Waals surface area contributed by atoms with Gasteiger partial charge in [-0.05, 0) is 37.6 Å². The monoisotopic (exact) mass is 323 g/mol. The molecule has 0 aliphatic heterocycles. The van der Waals surface area contributed by atoms with E-state index in [1.807, 2.05) is 72.9 Å². The van der Waals surface area contributed by atoms with Crippen LogP contribution < -0.4 is 0 Å². The van der Waals surface area contributed by atoms with Crippen LogP contribution in [0.1, 0.15) is 24.4 Å². The van der Waals surface area contributed by atoms with Crippen LogP contribution in [-0.4, -0.2) is 37.2 Å². The average molecular weight is 323 g/mol. The molecule has 0 saturated carbocycles. The van der Waals surface area contributed by atoms with E-state index in [9.17, 15) is 4.79 Å². The Hall–Kier alpha value is -2.89. The van der Waals surface area contributed by atoms with Gasteiger partial charge in [0, 0.05) is 38.4 Å². The van der Waals surface area contributed by atoms with Crippen LogP contribution in [0.2, 0.25) is 0 Å². The molecule has 6 nitrogen and oxygen atoms in total. The standard InChI is InChI=1S/C18H21N5O/c1-14(22-12-10-19-15(22)2)18(24)21(3)13-16-5-7-17(8-6-16)23-11-4-9-20-23/h4-12,14H,13H2,1-3H3/t14-/m1/s1. The molecule has 0 radical (unpaired) electrons. The second kappa shape index (κ2) is 6.70. The summed E-state index contributed by atoms with van der Waals surface area (Å²) in [6, 6.07) is 9.68. The van der Waals surface area contributed by atoms with E-state index >= 15 is 0 Å². The van der Waals surface area contributed by atoms with Gasteiger partial charge in [-0.1, -0.05) is 12.1 Å². The summed E-state index contributed by atoms with van der Waals surface area (Å²) in [5.74, 6) is 0.903. The Kier molecular flexibility index (Phi) is 4.46. The largest absolute Gasteiger partial charge is 0.340 e. The number of aryl methyl sites for hydroxylation is 1. The number of nitrogens with zero attached hydrogens (tertiary/aromatic N) is 5. The van der Waals surface area contributed by atoms with Crippen molar-refractivity contribution in [3.05, 3.63) is 66.5 Å². The Morgan fingerprint density at radius 3 is 2.54 bits per heavy atom. The summed E-state index contributed by atoms with van der Waals surface area (Å²) >= 11 is 0. The number of amides is 1. The van der Waals surface area contributed by atoms with Crippen molar-refractivity contribution < 1.29 is 4.79 Å². The summed E-state index contributed by atoms with van der Waals surface area (Å²) in [5.41, 5.74) is 2.08. The lowest BCUT2D eigenvalue weighted by Crippen LogP contribution is -2.32. The first kappa shape index (κ1) is 16.0. The summed E-state index contributed by atoms with van der Waals surface area (Å²) in [6.45, 7) is 4.36. The van der Waals surface area contributed by atoms with Crippen LogP contribution in [0.3, 0.4) is 0 Å².